The van der Waals surface area contributed by atoms with Crippen molar-refractivity contribution in [1.29, 1.82) is 0 Å². The number of rotatable bonds is 7. The first-order valence-corrected chi connectivity index (χ1v) is 7.01. The first kappa shape index (κ1) is 12.2. The third-order valence-corrected chi connectivity index (χ3v) is 4.69. The molecule has 0 aliphatic carbocycles. The maximum absolute atomic E-state index is 5.85. The molecule has 1 aromatic rings. The van der Waals surface area contributed by atoms with Crippen LogP contribution in [0.3, 0.4) is 0 Å². The molecule has 0 bridgehead atoms. The predicted molar refractivity (Wildman–Crippen MR) is 66.1 cm³/mol. The minimum absolute atomic E-state index is 0.660. The van der Waals surface area contributed by atoms with Crippen molar-refractivity contribution in [3.05, 3.63) is 43.0 Å². The summed E-state index contributed by atoms with van der Waals surface area (Å²) in [7, 11) is 0.369. The molecular weight excluding hydrogens is 204 g/mol. The van der Waals surface area contributed by atoms with E-state index in [-0.39, 0.29) is 0 Å². The summed E-state index contributed by atoms with van der Waals surface area (Å²) in [6.07, 6.45) is 1.94. The van der Waals surface area contributed by atoms with Gasteiger partial charge in [-0.3, -0.25) is 0 Å². The molecule has 1 atom stereocenters. The van der Waals surface area contributed by atoms with Gasteiger partial charge in [0.2, 0.25) is 9.04 Å². The van der Waals surface area contributed by atoms with E-state index in [1.807, 2.05) is 12.1 Å². The van der Waals surface area contributed by atoms with Gasteiger partial charge >= 0.3 is 0 Å². The highest BCUT2D eigenvalue weighted by molar-refractivity contribution is 6.67. The summed E-state index contributed by atoms with van der Waals surface area (Å²) < 4.78 is 10.8. The third-order valence-electron chi connectivity index (χ3n) is 2.16. The Morgan fingerprint density at radius 1 is 1.27 bits per heavy atom. The largest absolute Gasteiger partial charge is 0.413 e. The molecule has 3 heteroatoms. The van der Waals surface area contributed by atoms with Gasteiger partial charge in [0.25, 0.3) is 0 Å². The van der Waals surface area contributed by atoms with E-state index in [2.05, 4.69) is 30.8 Å². The smallest absolute Gasteiger partial charge is 0.212 e. The normalized spacial score (nSPS) is 12.3. The number of ether oxygens (including phenoxy) is 1. The molecule has 0 fully saturated rings. The highest BCUT2D eigenvalue weighted by atomic mass is 28.3. The Kier molecular flexibility index (Phi) is 6.00. The lowest BCUT2D eigenvalue weighted by atomic mass is 10.4. The Hall–Kier alpha value is -0.903. The average Bonchev–Trinajstić information content (AvgIpc) is 2.29. The molecule has 15 heavy (non-hydrogen) atoms. The topological polar surface area (TPSA) is 18.5 Å². The molecule has 0 heterocycles. The lowest BCUT2D eigenvalue weighted by Crippen LogP contribution is -2.33. The average molecular weight is 222 g/mol. The van der Waals surface area contributed by atoms with Crippen molar-refractivity contribution >= 4 is 14.2 Å². The van der Waals surface area contributed by atoms with Crippen molar-refractivity contribution in [3.63, 3.8) is 0 Å². The quantitative estimate of drug-likeness (QED) is 0.395. The molecule has 82 valence electrons. The summed E-state index contributed by atoms with van der Waals surface area (Å²) in [5, 5.41) is 1.33. The fourth-order valence-electron chi connectivity index (χ4n) is 1.39. The molecule has 0 aliphatic rings. The van der Waals surface area contributed by atoms with Crippen LogP contribution in [0, 0.1) is 0 Å². The number of allylic oxidation sites excluding steroid dienone is 1. The first-order valence-electron chi connectivity index (χ1n) is 5.15. The highest BCUT2D eigenvalue weighted by Gasteiger charge is 2.12. The van der Waals surface area contributed by atoms with Crippen LogP contribution in [0.15, 0.2) is 43.0 Å². The maximum atomic E-state index is 5.85. The summed E-state index contributed by atoms with van der Waals surface area (Å²) in [4.78, 5) is 0. The molecule has 0 spiro atoms. The molecule has 0 N–H and O–H groups in total. The molecule has 0 aromatic heterocycles. The summed E-state index contributed by atoms with van der Waals surface area (Å²) in [5.74, 6) is 0. The van der Waals surface area contributed by atoms with Gasteiger partial charge in [0.1, 0.15) is 0 Å². The lowest BCUT2D eigenvalue weighted by Gasteiger charge is -2.14. The number of benzene rings is 1. The highest BCUT2D eigenvalue weighted by Crippen LogP contribution is 1.98. The van der Waals surface area contributed by atoms with E-state index < -0.39 is 9.04 Å². The molecule has 0 amide bonds. The van der Waals surface area contributed by atoms with E-state index in [4.69, 9.17) is 9.16 Å². The van der Waals surface area contributed by atoms with Crippen LogP contribution in [-0.2, 0) is 9.16 Å². The molecule has 0 radical (unpaired) electrons. The maximum Gasteiger partial charge on any atom is 0.212 e. The van der Waals surface area contributed by atoms with Crippen LogP contribution in [0.5, 0.6) is 0 Å². The second-order valence-corrected chi connectivity index (χ2v) is 5.74. The van der Waals surface area contributed by atoms with E-state index in [0.717, 1.165) is 6.04 Å². The van der Waals surface area contributed by atoms with Crippen LogP contribution >= 0.6 is 0 Å². The molecule has 0 saturated heterocycles. The van der Waals surface area contributed by atoms with E-state index in [9.17, 15) is 0 Å². The molecule has 0 saturated carbocycles. The second-order valence-electron chi connectivity index (χ2n) is 3.29. The minimum Gasteiger partial charge on any atom is -0.413 e. The number of hydrogen-bond acceptors (Lipinski definition) is 2. The Balaban J connectivity index is 2.53. The van der Waals surface area contributed by atoms with Gasteiger partial charge in [0, 0.05) is 7.11 Å². The number of methoxy groups -OCH3 is 1. The van der Waals surface area contributed by atoms with Crippen molar-refractivity contribution < 1.29 is 9.16 Å². The fourth-order valence-corrected chi connectivity index (χ4v) is 3.33. The van der Waals surface area contributed by atoms with Crippen molar-refractivity contribution in [2.24, 2.45) is 0 Å². The van der Waals surface area contributed by atoms with Crippen molar-refractivity contribution in [3.8, 4) is 0 Å². The van der Waals surface area contributed by atoms with Gasteiger partial charge < -0.3 is 9.16 Å². The first-order chi connectivity index (χ1) is 7.38. The summed E-state index contributed by atoms with van der Waals surface area (Å²) in [5.41, 5.74) is 0. The molecule has 1 aromatic carbocycles. The van der Waals surface area contributed by atoms with Crippen LogP contribution in [0.4, 0.5) is 0 Å². The SMILES string of the molecule is C=CC[SiH](OCCOC)c1ccccc1. The van der Waals surface area contributed by atoms with Gasteiger partial charge in [-0.15, -0.1) is 6.58 Å². The van der Waals surface area contributed by atoms with E-state index in [0.29, 0.717) is 13.2 Å². The van der Waals surface area contributed by atoms with Crippen molar-refractivity contribution in [1.82, 2.24) is 0 Å². The van der Waals surface area contributed by atoms with E-state index in [1.54, 1.807) is 7.11 Å². The molecule has 0 aliphatic heterocycles. The van der Waals surface area contributed by atoms with Gasteiger partial charge in [0.05, 0.1) is 13.2 Å². The van der Waals surface area contributed by atoms with Crippen LogP contribution in [0.2, 0.25) is 6.04 Å². The summed E-state index contributed by atoms with van der Waals surface area (Å²) in [6, 6.07) is 11.4. The Labute approximate surface area is 93.3 Å². The zero-order valence-electron chi connectivity index (χ0n) is 9.19. The van der Waals surface area contributed by atoms with E-state index in [1.165, 1.54) is 5.19 Å². The summed E-state index contributed by atoms with van der Waals surface area (Å²) >= 11 is 0. The molecular formula is C12H18O2Si. The van der Waals surface area contributed by atoms with Gasteiger partial charge in [0.15, 0.2) is 0 Å². The van der Waals surface area contributed by atoms with Crippen LogP contribution < -0.4 is 5.19 Å². The van der Waals surface area contributed by atoms with Crippen molar-refractivity contribution in [2.45, 2.75) is 6.04 Å². The van der Waals surface area contributed by atoms with Gasteiger partial charge in [-0.25, -0.2) is 0 Å². The molecule has 2 nitrogen and oxygen atoms in total. The van der Waals surface area contributed by atoms with E-state index >= 15 is 0 Å². The molecule has 1 rings (SSSR count). The minimum atomic E-state index is -1.32. The zero-order valence-corrected chi connectivity index (χ0v) is 10.3. The third kappa shape index (κ3) is 4.42. The van der Waals surface area contributed by atoms with Gasteiger partial charge in [-0.1, -0.05) is 36.4 Å². The zero-order chi connectivity index (χ0) is 10.9. The fraction of sp³-hybridized carbons (Fsp3) is 0.333. The Bertz CT molecular complexity index is 274. The van der Waals surface area contributed by atoms with Crippen LogP contribution in [0.1, 0.15) is 0 Å². The van der Waals surface area contributed by atoms with Crippen LogP contribution in [0.25, 0.3) is 0 Å². The Morgan fingerprint density at radius 2 is 2.00 bits per heavy atom. The monoisotopic (exact) mass is 222 g/mol. The number of hydrogen-bond donors (Lipinski definition) is 0. The standard InChI is InChI=1S/C12H18O2Si/c1-3-11-15(14-10-9-13-2)12-7-5-4-6-8-12/h3-8,15H,1,9-11H2,2H3. The lowest BCUT2D eigenvalue weighted by molar-refractivity contribution is 0.147. The second kappa shape index (κ2) is 7.40. The van der Waals surface area contributed by atoms with Crippen LogP contribution in [-0.4, -0.2) is 29.4 Å². The van der Waals surface area contributed by atoms with Gasteiger partial charge in [-0.05, 0) is 11.2 Å². The predicted octanol–water partition coefficient (Wildman–Crippen LogP) is 1.47. The summed E-state index contributed by atoms with van der Waals surface area (Å²) in [6.45, 7) is 5.11. The Morgan fingerprint density at radius 3 is 2.60 bits per heavy atom. The molecule has 1 unspecified atom stereocenters. The van der Waals surface area contributed by atoms with Crippen molar-refractivity contribution in [2.75, 3.05) is 20.3 Å². The van der Waals surface area contributed by atoms with Gasteiger partial charge in [-0.2, -0.15) is 0 Å².